The summed E-state index contributed by atoms with van der Waals surface area (Å²) in [5.74, 6) is 0.223. The molecule has 37 heavy (non-hydrogen) atoms. The number of carbonyl (C=O) groups is 2. The summed E-state index contributed by atoms with van der Waals surface area (Å²) in [6, 6.07) is 21.2. The van der Waals surface area contributed by atoms with Gasteiger partial charge in [-0.25, -0.2) is 4.79 Å². The standard InChI is InChI=1S/C30H39N3O4/c1-30(2,3)37-29(35)32-19-25-18-31(28(34)24-14-17-36-21-24)15-16-33(25)26(20-32)27(22-10-6-4-7-11-22)23-12-8-5-9-13-23/h4-13,24-27H,14-21H2,1-3H3/t24?,25-,26-/m0/s1. The highest BCUT2D eigenvalue weighted by Crippen LogP contribution is 2.36. The second-order valence-corrected chi connectivity index (χ2v) is 11.5. The third kappa shape index (κ3) is 5.83. The number of hydrogen-bond donors (Lipinski definition) is 0. The minimum Gasteiger partial charge on any atom is -0.444 e. The van der Waals surface area contributed by atoms with Crippen LogP contribution in [0.5, 0.6) is 0 Å². The molecule has 7 heteroatoms. The van der Waals surface area contributed by atoms with Crippen LogP contribution in [0, 0.1) is 5.92 Å². The number of carbonyl (C=O) groups excluding carboxylic acids is 2. The summed E-state index contributed by atoms with van der Waals surface area (Å²) in [4.78, 5) is 33.0. The van der Waals surface area contributed by atoms with Gasteiger partial charge in [-0.05, 0) is 38.3 Å². The quantitative estimate of drug-likeness (QED) is 0.629. The fourth-order valence-electron chi connectivity index (χ4n) is 6.05. The van der Waals surface area contributed by atoms with E-state index in [4.69, 9.17) is 9.47 Å². The molecule has 0 aromatic heterocycles. The molecule has 7 nitrogen and oxygen atoms in total. The van der Waals surface area contributed by atoms with E-state index in [1.165, 1.54) is 11.1 Å². The second-order valence-electron chi connectivity index (χ2n) is 11.5. The van der Waals surface area contributed by atoms with Crippen LogP contribution in [0.15, 0.2) is 60.7 Å². The highest BCUT2D eigenvalue weighted by Gasteiger charge is 2.45. The topological polar surface area (TPSA) is 62.3 Å². The normalized spacial score (nSPS) is 24.7. The molecule has 3 aliphatic heterocycles. The van der Waals surface area contributed by atoms with Gasteiger partial charge in [0.2, 0.25) is 5.91 Å². The lowest BCUT2D eigenvalue weighted by molar-refractivity contribution is -0.140. The molecule has 3 saturated heterocycles. The van der Waals surface area contributed by atoms with Crippen molar-refractivity contribution in [1.82, 2.24) is 14.7 Å². The summed E-state index contributed by atoms with van der Waals surface area (Å²) in [7, 11) is 0. The van der Waals surface area contributed by atoms with E-state index in [1.807, 2.05) is 42.7 Å². The van der Waals surface area contributed by atoms with Crippen molar-refractivity contribution in [2.45, 2.75) is 50.8 Å². The largest absolute Gasteiger partial charge is 0.444 e. The summed E-state index contributed by atoms with van der Waals surface area (Å²) in [6.45, 7) is 10.1. The van der Waals surface area contributed by atoms with E-state index in [9.17, 15) is 9.59 Å². The lowest BCUT2D eigenvalue weighted by Crippen LogP contribution is -2.68. The minimum atomic E-state index is -0.570. The summed E-state index contributed by atoms with van der Waals surface area (Å²) >= 11 is 0. The molecule has 0 aliphatic carbocycles. The van der Waals surface area contributed by atoms with Gasteiger partial charge >= 0.3 is 6.09 Å². The molecule has 2 amide bonds. The van der Waals surface area contributed by atoms with Crippen LogP contribution in [0.4, 0.5) is 4.79 Å². The van der Waals surface area contributed by atoms with Gasteiger partial charge in [-0.2, -0.15) is 0 Å². The van der Waals surface area contributed by atoms with E-state index in [0.29, 0.717) is 39.4 Å². The molecule has 3 aliphatic rings. The van der Waals surface area contributed by atoms with Gasteiger partial charge < -0.3 is 19.3 Å². The average molecular weight is 506 g/mol. The van der Waals surface area contributed by atoms with Crippen LogP contribution in [0.1, 0.15) is 44.2 Å². The highest BCUT2D eigenvalue weighted by atomic mass is 16.6. The van der Waals surface area contributed by atoms with E-state index in [1.54, 1.807) is 0 Å². The first-order valence-electron chi connectivity index (χ1n) is 13.5. The molecule has 0 N–H and O–H groups in total. The number of benzene rings is 2. The molecule has 198 valence electrons. The molecule has 3 heterocycles. The zero-order valence-electron chi connectivity index (χ0n) is 22.2. The van der Waals surface area contributed by atoms with Crippen molar-refractivity contribution in [2.75, 3.05) is 45.9 Å². The molecule has 0 spiro atoms. The summed E-state index contributed by atoms with van der Waals surface area (Å²) in [6.07, 6.45) is 0.505. The van der Waals surface area contributed by atoms with Gasteiger partial charge in [0, 0.05) is 57.3 Å². The van der Waals surface area contributed by atoms with Crippen molar-refractivity contribution >= 4 is 12.0 Å². The number of ether oxygens (including phenoxy) is 2. The molecule has 5 rings (SSSR count). The Balaban J connectivity index is 1.47. The first-order valence-corrected chi connectivity index (χ1v) is 13.5. The Bertz CT molecular complexity index is 1030. The fraction of sp³-hybridized carbons (Fsp3) is 0.533. The number of amides is 2. The third-order valence-electron chi connectivity index (χ3n) is 7.74. The molecule has 2 aromatic rings. The van der Waals surface area contributed by atoms with Crippen LogP contribution < -0.4 is 0 Å². The Morgan fingerprint density at radius 3 is 2.08 bits per heavy atom. The van der Waals surface area contributed by atoms with Gasteiger partial charge in [0.25, 0.3) is 0 Å². The molecule has 1 unspecified atom stereocenters. The molecule has 2 aromatic carbocycles. The molecule has 3 fully saturated rings. The van der Waals surface area contributed by atoms with Crippen LogP contribution >= 0.6 is 0 Å². The van der Waals surface area contributed by atoms with Gasteiger partial charge in [-0.3, -0.25) is 9.69 Å². The lowest BCUT2D eigenvalue weighted by Gasteiger charge is -2.53. The molecule has 0 bridgehead atoms. The summed E-state index contributed by atoms with van der Waals surface area (Å²) in [5.41, 5.74) is 1.88. The van der Waals surface area contributed by atoms with Gasteiger partial charge in [0.15, 0.2) is 0 Å². The Labute approximate surface area is 220 Å². The number of nitrogens with zero attached hydrogens (tertiary/aromatic N) is 3. The van der Waals surface area contributed by atoms with Crippen LogP contribution in [-0.4, -0.2) is 90.3 Å². The van der Waals surface area contributed by atoms with Crippen LogP contribution in [0.2, 0.25) is 0 Å². The maximum absolute atomic E-state index is 13.3. The zero-order valence-corrected chi connectivity index (χ0v) is 22.2. The average Bonchev–Trinajstić information content (AvgIpc) is 3.43. The van der Waals surface area contributed by atoms with Crippen molar-refractivity contribution in [1.29, 1.82) is 0 Å². The maximum atomic E-state index is 13.3. The Morgan fingerprint density at radius 1 is 0.892 bits per heavy atom. The Kier molecular flexibility index (Phi) is 7.54. The number of hydrogen-bond acceptors (Lipinski definition) is 5. The zero-order chi connectivity index (χ0) is 26.0. The maximum Gasteiger partial charge on any atom is 0.410 e. The van der Waals surface area contributed by atoms with Crippen LogP contribution in [-0.2, 0) is 14.3 Å². The van der Waals surface area contributed by atoms with E-state index >= 15 is 0 Å². The van der Waals surface area contributed by atoms with Gasteiger partial charge in [0.05, 0.1) is 12.5 Å². The fourth-order valence-corrected chi connectivity index (χ4v) is 6.05. The number of fused-ring (bicyclic) bond motifs is 1. The van der Waals surface area contributed by atoms with Crippen LogP contribution in [0.3, 0.4) is 0 Å². The van der Waals surface area contributed by atoms with Crippen molar-refractivity contribution in [3.8, 4) is 0 Å². The monoisotopic (exact) mass is 505 g/mol. The van der Waals surface area contributed by atoms with Crippen molar-refractivity contribution < 1.29 is 19.1 Å². The van der Waals surface area contributed by atoms with Gasteiger partial charge in [0.1, 0.15) is 5.60 Å². The first-order chi connectivity index (χ1) is 17.8. The smallest absolute Gasteiger partial charge is 0.410 e. The molecule has 3 atom stereocenters. The number of rotatable bonds is 4. The molecule has 0 saturated carbocycles. The van der Waals surface area contributed by atoms with E-state index < -0.39 is 5.60 Å². The second kappa shape index (κ2) is 10.8. The Hall–Kier alpha value is -2.90. The predicted molar refractivity (Wildman–Crippen MR) is 142 cm³/mol. The van der Waals surface area contributed by atoms with Gasteiger partial charge in [-0.1, -0.05) is 60.7 Å². The number of piperazine rings is 2. The van der Waals surface area contributed by atoms with Crippen LogP contribution in [0.25, 0.3) is 0 Å². The molecule has 0 radical (unpaired) electrons. The Morgan fingerprint density at radius 2 is 1.51 bits per heavy atom. The first kappa shape index (κ1) is 25.7. The van der Waals surface area contributed by atoms with Gasteiger partial charge in [-0.15, -0.1) is 0 Å². The van der Waals surface area contributed by atoms with E-state index in [2.05, 4.69) is 53.4 Å². The minimum absolute atomic E-state index is 0.0428. The SMILES string of the molecule is CC(C)(C)OC(=O)N1C[C@@H]2CN(C(=O)C3CCOC3)CCN2[C@H](C(c2ccccc2)c2ccccc2)C1. The van der Waals surface area contributed by atoms with Crippen molar-refractivity contribution in [3.05, 3.63) is 71.8 Å². The lowest BCUT2D eigenvalue weighted by atomic mass is 9.81. The van der Waals surface area contributed by atoms with E-state index in [-0.39, 0.29) is 35.9 Å². The third-order valence-corrected chi connectivity index (χ3v) is 7.74. The highest BCUT2D eigenvalue weighted by molar-refractivity contribution is 5.79. The molecular weight excluding hydrogens is 466 g/mol. The van der Waals surface area contributed by atoms with Crippen molar-refractivity contribution in [3.63, 3.8) is 0 Å². The van der Waals surface area contributed by atoms with E-state index in [0.717, 1.165) is 13.0 Å². The predicted octanol–water partition coefficient (Wildman–Crippen LogP) is 3.99. The molecular formula is C30H39N3O4. The summed E-state index contributed by atoms with van der Waals surface area (Å²) < 4.78 is 11.3. The van der Waals surface area contributed by atoms with Crippen molar-refractivity contribution in [2.24, 2.45) is 5.92 Å². The summed E-state index contributed by atoms with van der Waals surface area (Å²) in [5, 5.41) is 0.